The number of hydrogen-bond donors (Lipinski definition) is 1. The predicted octanol–water partition coefficient (Wildman–Crippen LogP) is 4.66. The standard InChI is InChI=1S/C18H29FN2/c1-4-12-20-15(3)18-16(19)10-8-11-17(18)21-13-7-5-6-9-14(21)2/h8,10-11,14-15,20H,4-7,9,12-13H2,1-3H3. The number of anilines is 1. The molecule has 1 N–H and O–H groups in total. The summed E-state index contributed by atoms with van der Waals surface area (Å²) >= 11 is 0. The van der Waals surface area contributed by atoms with Gasteiger partial charge in [-0.15, -0.1) is 0 Å². The van der Waals surface area contributed by atoms with Crippen LogP contribution in [0.1, 0.15) is 64.5 Å². The van der Waals surface area contributed by atoms with Crippen LogP contribution in [0.2, 0.25) is 0 Å². The van der Waals surface area contributed by atoms with Crippen molar-refractivity contribution >= 4 is 5.69 Å². The monoisotopic (exact) mass is 292 g/mol. The van der Waals surface area contributed by atoms with Gasteiger partial charge in [0, 0.05) is 29.9 Å². The van der Waals surface area contributed by atoms with E-state index in [4.69, 9.17) is 0 Å². The lowest BCUT2D eigenvalue weighted by molar-refractivity contribution is 0.522. The van der Waals surface area contributed by atoms with E-state index in [2.05, 4.69) is 37.1 Å². The molecule has 0 aliphatic carbocycles. The third kappa shape index (κ3) is 3.97. The number of benzene rings is 1. The molecule has 3 heteroatoms. The summed E-state index contributed by atoms with van der Waals surface area (Å²) in [5, 5.41) is 3.43. The van der Waals surface area contributed by atoms with Gasteiger partial charge in [0.2, 0.25) is 0 Å². The molecule has 1 aromatic rings. The highest BCUT2D eigenvalue weighted by Gasteiger charge is 2.23. The molecule has 0 spiro atoms. The zero-order valence-electron chi connectivity index (χ0n) is 13.7. The quantitative estimate of drug-likeness (QED) is 0.849. The van der Waals surface area contributed by atoms with E-state index in [-0.39, 0.29) is 11.9 Å². The first kappa shape index (κ1) is 16.3. The minimum absolute atomic E-state index is 0.0524. The normalized spacial score (nSPS) is 21.1. The maximum atomic E-state index is 14.4. The van der Waals surface area contributed by atoms with Crippen LogP contribution in [0.15, 0.2) is 18.2 Å². The summed E-state index contributed by atoms with van der Waals surface area (Å²) < 4.78 is 14.4. The first-order valence-electron chi connectivity index (χ1n) is 8.43. The van der Waals surface area contributed by atoms with E-state index in [9.17, 15) is 4.39 Å². The van der Waals surface area contributed by atoms with Crippen molar-refractivity contribution in [3.05, 3.63) is 29.6 Å². The minimum Gasteiger partial charge on any atom is -0.368 e. The van der Waals surface area contributed by atoms with Crippen LogP contribution in [0, 0.1) is 5.82 Å². The fourth-order valence-corrected chi connectivity index (χ4v) is 3.30. The second-order valence-electron chi connectivity index (χ2n) is 6.24. The van der Waals surface area contributed by atoms with Crippen LogP contribution in [-0.2, 0) is 0 Å². The lowest BCUT2D eigenvalue weighted by Crippen LogP contribution is -2.34. The molecule has 2 unspecified atom stereocenters. The second-order valence-corrected chi connectivity index (χ2v) is 6.24. The molecule has 118 valence electrons. The van der Waals surface area contributed by atoms with Crippen LogP contribution >= 0.6 is 0 Å². The Kier molecular flexibility index (Phi) is 6.04. The average molecular weight is 292 g/mol. The summed E-state index contributed by atoms with van der Waals surface area (Å²) in [4.78, 5) is 2.41. The molecule has 1 aliphatic rings. The van der Waals surface area contributed by atoms with E-state index in [0.29, 0.717) is 6.04 Å². The summed E-state index contributed by atoms with van der Waals surface area (Å²) in [5.41, 5.74) is 1.92. The van der Waals surface area contributed by atoms with Crippen molar-refractivity contribution in [3.8, 4) is 0 Å². The third-order valence-corrected chi connectivity index (χ3v) is 4.53. The molecule has 1 fully saturated rings. The first-order chi connectivity index (χ1) is 10.1. The maximum absolute atomic E-state index is 14.4. The van der Waals surface area contributed by atoms with E-state index >= 15 is 0 Å². The van der Waals surface area contributed by atoms with E-state index in [0.717, 1.165) is 30.8 Å². The van der Waals surface area contributed by atoms with Crippen molar-refractivity contribution in [2.45, 2.75) is 65.0 Å². The molecular formula is C18H29FN2. The number of hydrogen-bond acceptors (Lipinski definition) is 2. The van der Waals surface area contributed by atoms with Gasteiger partial charge in [-0.3, -0.25) is 0 Å². The van der Waals surface area contributed by atoms with Gasteiger partial charge >= 0.3 is 0 Å². The fraction of sp³-hybridized carbons (Fsp3) is 0.667. The highest BCUT2D eigenvalue weighted by Crippen LogP contribution is 2.32. The van der Waals surface area contributed by atoms with Gasteiger partial charge < -0.3 is 10.2 Å². The smallest absolute Gasteiger partial charge is 0.130 e. The zero-order chi connectivity index (χ0) is 15.2. The largest absolute Gasteiger partial charge is 0.368 e. The lowest BCUT2D eigenvalue weighted by atomic mass is 10.0. The topological polar surface area (TPSA) is 15.3 Å². The number of nitrogens with zero attached hydrogens (tertiary/aromatic N) is 1. The van der Waals surface area contributed by atoms with Crippen LogP contribution in [0.4, 0.5) is 10.1 Å². The molecule has 2 nitrogen and oxygen atoms in total. The molecule has 0 radical (unpaired) electrons. The molecule has 0 aromatic heterocycles. The van der Waals surface area contributed by atoms with Gasteiger partial charge in [0.15, 0.2) is 0 Å². The molecule has 2 rings (SSSR count). The van der Waals surface area contributed by atoms with E-state index in [1.807, 2.05) is 6.07 Å². The fourth-order valence-electron chi connectivity index (χ4n) is 3.30. The molecule has 1 aromatic carbocycles. The molecule has 1 heterocycles. The van der Waals surface area contributed by atoms with Crippen molar-refractivity contribution in [2.24, 2.45) is 0 Å². The molecule has 2 atom stereocenters. The van der Waals surface area contributed by atoms with Gasteiger partial charge in [-0.2, -0.15) is 0 Å². The average Bonchev–Trinajstić information content (AvgIpc) is 2.69. The molecule has 1 aliphatic heterocycles. The minimum atomic E-state index is -0.0833. The van der Waals surface area contributed by atoms with Crippen LogP contribution in [0.25, 0.3) is 0 Å². The van der Waals surface area contributed by atoms with Crippen molar-refractivity contribution in [2.75, 3.05) is 18.0 Å². The lowest BCUT2D eigenvalue weighted by Gasteiger charge is -2.33. The molecule has 21 heavy (non-hydrogen) atoms. The van der Waals surface area contributed by atoms with Gasteiger partial charge in [0.1, 0.15) is 5.82 Å². The highest BCUT2D eigenvalue weighted by atomic mass is 19.1. The van der Waals surface area contributed by atoms with Crippen LogP contribution in [0.3, 0.4) is 0 Å². The van der Waals surface area contributed by atoms with Crippen molar-refractivity contribution < 1.29 is 4.39 Å². The summed E-state index contributed by atoms with van der Waals surface area (Å²) in [6, 6.07) is 6.07. The molecule has 0 bridgehead atoms. The van der Waals surface area contributed by atoms with Crippen LogP contribution in [0.5, 0.6) is 0 Å². The molecule has 0 saturated carbocycles. The highest BCUT2D eigenvalue weighted by molar-refractivity contribution is 5.56. The van der Waals surface area contributed by atoms with E-state index in [1.165, 1.54) is 25.7 Å². The number of rotatable bonds is 5. The van der Waals surface area contributed by atoms with Crippen LogP contribution in [-0.4, -0.2) is 19.1 Å². The Labute approximate surface area is 128 Å². The Morgan fingerprint density at radius 2 is 2.14 bits per heavy atom. The van der Waals surface area contributed by atoms with E-state index in [1.54, 1.807) is 6.07 Å². The van der Waals surface area contributed by atoms with Gasteiger partial charge in [0.05, 0.1) is 0 Å². The molecular weight excluding hydrogens is 263 g/mol. The number of halogens is 1. The van der Waals surface area contributed by atoms with Gasteiger partial charge in [0.25, 0.3) is 0 Å². The first-order valence-corrected chi connectivity index (χ1v) is 8.43. The maximum Gasteiger partial charge on any atom is 0.130 e. The van der Waals surface area contributed by atoms with Gasteiger partial charge in [-0.05, 0) is 51.8 Å². The summed E-state index contributed by atoms with van der Waals surface area (Å²) in [5.74, 6) is -0.0833. The molecule has 0 amide bonds. The summed E-state index contributed by atoms with van der Waals surface area (Å²) in [6.07, 6.45) is 6.04. The van der Waals surface area contributed by atoms with Gasteiger partial charge in [-0.25, -0.2) is 4.39 Å². The van der Waals surface area contributed by atoms with Crippen molar-refractivity contribution in [1.82, 2.24) is 5.32 Å². The van der Waals surface area contributed by atoms with Crippen LogP contribution < -0.4 is 10.2 Å². The Hall–Kier alpha value is -1.09. The van der Waals surface area contributed by atoms with E-state index < -0.39 is 0 Å². The van der Waals surface area contributed by atoms with Crippen molar-refractivity contribution in [1.29, 1.82) is 0 Å². The molecule has 1 saturated heterocycles. The second kappa shape index (κ2) is 7.79. The Morgan fingerprint density at radius 1 is 1.33 bits per heavy atom. The third-order valence-electron chi connectivity index (χ3n) is 4.53. The summed E-state index contributed by atoms with van der Waals surface area (Å²) in [7, 11) is 0. The summed E-state index contributed by atoms with van der Waals surface area (Å²) in [6.45, 7) is 8.44. The Balaban J connectivity index is 2.31. The van der Waals surface area contributed by atoms with Gasteiger partial charge in [-0.1, -0.05) is 25.8 Å². The Bertz CT molecular complexity index is 447. The predicted molar refractivity (Wildman–Crippen MR) is 88.4 cm³/mol. The van der Waals surface area contributed by atoms with Crippen molar-refractivity contribution in [3.63, 3.8) is 0 Å². The number of nitrogens with one attached hydrogen (secondary N) is 1. The Morgan fingerprint density at radius 3 is 2.90 bits per heavy atom. The SMILES string of the molecule is CCCNC(C)c1c(F)cccc1N1CCCCCC1C. The zero-order valence-corrected chi connectivity index (χ0v) is 13.7.